The van der Waals surface area contributed by atoms with Crippen LogP contribution in [0.4, 0.5) is 11.4 Å². The number of amides is 1. The predicted octanol–water partition coefficient (Wildman–Crippen LogP) is 1.74. The molecule has 1 aromatic rings. The van der Waals surface area contributed by atoms with E-state index in [2.05, 4.69) is 5.32 Å². The van der Waals surface area contributed by atoms with Crippen molar-refractivity contribution in [3.8, 4) is 0 Å². The summed E-state index contributed by atoms with van der Waals surface area (Å²) in [5.41, 5.74) is 0.451. The van der Waals surface area contributed by atoms with Crippen molar-refractivity contribution in [3.63, 3.8) is 0 Å². The summed E-state index contributed by atoms with van der Waals surface area (Å²) >= 11 is 0. The summed E-state index contributed by atoms with van der Waals surface area (Å²) in [7, 11) is 3.19. The van der Waals surface area contributed by atoms with Gasteiger partial charge in [0.1, 0.15) is 5.69 Å². The largest absolute Gasteiger partial charge is 0.383 e. The summed E-state index contributed by atoms with van der Waals surface area (Å²) in [6, 6.07) is 4.47. The SMILES string of the molecule is CCNc1c(C(=O)N(C)CCOC)cccc1[N+](=O)[O-]. The van der Waals surface area contributed by atoms with E-state index < -0.39 is 4.92 Å². The third-order valence-corrected chi connectivity index (χ3v) is 2.80. The summed E-state index contributed by atoms with van der Waals surface area (Å²) < 4.78 is 4.92. The number of benzene rings is 1. The van der Waals surface area contributed by atoms with Crippen molar-refractivity contribution in [3.05, 3.63) is 33.9 Å². The number of anilines is 1. The van der Waals surface area contributed by atoms with Crippen molar-refractivity contribution in [2.24, 2.45) is 0 Å². The summed E-state index contributed by atoms with van der Waals surface area (Å²) in [6.45, 7) is 3.14. The summed E-state index contributed by atoms with van der Waals surface area (Å²) in [5, 5.41) is 13.9. The van der Waals surface area contributed by atoms with Crippen molar-refractivity contribution in [1.29, 1.82) is 0 Å². The molecule has 1 N–H and O–H groups in total. The van der Waals surface area contributed by atoms with E-state index in [9.17, 15) is 14.9 Å². The first kappa shape index (κ1) is 15.9. The van der Waals surface area contributed by atoms with Gasteiger partial charge >= 0.3 is 0 Å². The molecule has 0 heterocycles. The molecule has 0 saturated carbocycles. The fourth-order valence-electron chi connectivity index (χ4n) is 1.77. The molecule has 0 saturated heterocycles. The van der Waals surface area contributed by atoms with Crippen LogP contribution < -0.4 is 5.32 Å². The maximum Gasteiger partial charge on any atom is 0.293 e. The Hall–Kier alpha value is -2.15. The lowest BCUT2D eigenvalue weighted by Gasteiger charge is -2.18. The van der Waals surface area contributed by atoms with Gasteiger partial charge in [0.2, 0.25) is 0 Å². The number of nitro groups is 1. The van der Waals surface area contributed by atoms with Crippen molar-refractivity contribution in [2.75, 3.05) is 39.2 Å². The van der Waals surface area contributed by atoms with Crippen molar-refractivity contribution in [2.45, 2.75) is 6.92 Å². The molecule has 0 spiro atoms. The van der Waals surface area contributed by atoms with Gasteiger partial charge in [-0.25, -0.2) is 0 Å². The van der Waals surface area contributed by atoms with Gasteiger partial charge in [0, 0.05) is 33.3 Å². The summed E-state index contributed by atoms with van der Waals surface area (Å²) in [5.74, 6) is -0.276. The Balaban J connectivity index is 3.13. The van der Waals surface area contributed by atoms with E-state index in [4.69, 9.17) is 4.74 Å². The Morgan fingerprint density at radius 2 is 2.20 bits per heavy atom. The Bertz CT molecular complexity index is 491. The molecule has 0 unspecified atom stereocenters. The Morgan fingerprint density at radius 3 is 2.75 bits per heavy atom. The number of rotatable bonds is 7. The maximum absolute atomic E-state index is 12.3. The molecule has 0 aliphatic heterocycles. The quantitative estimate of drug-likeness (QED) is 0.608. The molecule has 1 aromatic carbocycles. The smallest absolute Gasteiger partial charge is 0.293 e. The molecule has 0 aromatic heterocycles. The van der Waals surface area contributed by atoms with Crippen molar-refractivity contribution >= 4 is 17.3 Å². The number of hydrogen-bond donors (Lipinski definition) is 1. The zero-order valence-electron chi connectivity index (χ0n) is 11.9. The molecule has 0 aliphatic rings. The van der Waals surface area contributed by atoms with Gasteiger partial charge in [-0.05, 0) is 13.0 Å². The molecular weight excluding hydrogens is 262 g/mol. The van der Waals surface area contributed by atoms with Crippen LogP contribution in [0.3, 0.4) is 0 Å². The van der Waals surface area contributed by atoms with Crippen LogP contribution in [-0.2, 0) is 4.74 Å². The van der Waals surface area contributed by atoms with Crippen LogP contribution in [-0.4, -0.2) is 49.6 Å². The second-order valence-corrected chi connectivity index (χ2v) is 4.21. The van der Waals surface area contributed by atoms with Crippen molar-refractivity contribution in [1.82, 2.24) is 4.90 Å². The van der Waals surface area contributed by atoms with Gasteiger partial charge < -0.3 is 15.0 Å². The first-order chi connectivity index (χ1) is 9.52. The van der Waals surface area contributed by atoms with Crippen molar-refractivity contribution < 1.29 is 14.5 Å². The number of ether oxygens (including phenoxy) is 1. The first-order valence-corrected chi connectivity index (χ1v) is 6.28. The van der Waals surface area contributed by atoms with E-state index in [0.29, 0.717) is 25.3 Å². The first-order valence-electron chi connectivity index (χ1n) is 6.28. The molecule has 0 atom stereocenters. The second kappa shape index (κ2) is 7.44. The molecule has 110 valence electrons. The van der Waals surface area contributed by atoms with Crippen LogP contribution in [0.15, 0.2) is 18.2 Å². The number of hydrogen-bond acceptors (Lipinski definition) is 5. The number of likely N-dealkylation sites (N-methyl/N-ethyl adjacent to an activating group) is 1. The van der Waals surface area contributed by atoms with Gasteiger partial charge in [0.15, 0.2) is 0 Å². The summed E-state index contributed by atoms with van der Waals surface area (Å²) in [6.07, 6.45) is 0. The Kier molecular flexibility index (Phi) is 5.92. The van der Waals surface area contributed by atoms with E-state index in [0.717, 1.165) is 0 Å². The lowest BCUT2D eigenvalue weighted by molar-refractivity contribution is -0.384. The van der Waals surface area contributed by atoms with E-state index in [1.54, 1.807) is 20.2 Å². The second-order valence-electron chi connectivity index (χ2n) is 4.21. The number of nitro benzene ring substituents is 1. The molecule has 0 radical (unpaired) electrons. The van der Waals surface area contributed by atoms with E-state index in [1.165, 1.54) is 17.0 Å². The van der Waals surface area contributed by atoms with E-state index in [-0.39, 0.29) is 17.3 Å². The van der Waals surface area contributed by atoms with Gasteiger partial charge in [0.05, 0.1) is 17.1 Å². The summed E-state index contributed by atoms with van der Waals surface area (Å²) in [4.78, 5) is 24.3. The predicted molar refractivity (Wildman–Crippen MR) is 76.1 cm³/mol. The van der Waals surface area contributed by atoms with E-state index in [1.807, 2.05) is 6.92 Å². The maximum atomic E-state index is 12.3. The molecular formula is C13H19N3O4. The highest BCUT2D eigenvalue weighted by molar-refractivity contribution is 6.01. The lowest BCUT2D eigenvalue weighted by Crippen LogP contribution is -2.30. The molecule has 7 nitrogen and oxygen atoms in total. The number of methoxy groups -OCH3 is 1. The minimum Gasteiger partial charge on any atom is -0.383 e. The third-order valence-electron chi connectivity index (χ3n) is 2.80. The molecule has 0 fully saturated rings. The fourth-order valence-corrected chi connectivity index (χ4v) is 1.77. The fraction of sp³-hybridized carbons (Fsp3) is 0.462. The monoisotopic (exact) mass is 281 g/mol. The Morgan fingerprint density at radius 1 is 1.50 bits per heavy atom. The van der Waals surface area contributed by atoms with Gasteiger partial charge in [-0.2, -0.15) is 0 Å². The minimum atomic E-state index is -0.496. The van der Waals surface area contributed by atoms with Crippen LogP contribution in [0.5, 0.6) is 0 Å². The number of nitrogens with zero attached hydrogens (tertiary/aromatic N) is 2. The topological polar surface area (TPSA) is 84.7 Å². The Labute approximate surface area is 117 Å². The molecule has 20 heavy (non-hydrogen) atoms. The normalized spacial score (nSPS) is 10.2. The zero-order valence-corrected chi connectivity index (χ0v) is 11.9. The molecule has 0 aliphatic carbocycles. The van der Waals surface area contributed by atoms with Crippen LogP contribution in [0.1, 0.15) is 17.3 Å². The highest BCUT2D eigenvalue weighted by Gasteiger charge is 2.22. The highest BCUT2D eigenvalue weighted by Crippen LogP contribution is 2.28. The number of carbonyl (C=O) groups excluding carboxylic acids is 1. The van der Waals surface area contributed by atoms with Gasteiger partial charge in [-0.3, -0.25) is 14.9 Å². The van der Waals surface area contributed by atoms with Gasteiger partial charge in [-0.15, -0.1) is 0 Å². The highest BCUT2D eigenvalue weighted by atomic mass is 16.6. The van der Waals surface area contributed by atoms with E-state index >= 15 is 0 Å². The number of carbonyl (C=O) groups is 1. The zero-order chi connectivity index (χ0) is 15.1. The third kappa shape index (κ3) is 3.67. The van der Waals surface area contributed by atoms with Crippen LogP contribution >= 0.6 is 0 Å². The van der Waals surface area contributed by atoms with Crippen LogP contribution in [0, 0.1) is 10.1 Å². The molecule has 1 amide bonds. The standard InChI is InChI=1S/C13H19N3O4/c1-4-14-12-10(6-5-7-11(12)16(18)19)13(17)15(2)8-9-20-3/h5-7,14H,4,8-9H2,1-3H3. The van der Waals surface area contributed by atoms with Gasteiger partial charge in [-0.1, -0.05) is 6.07 Å². The molecule has 7 heteroatoms. The van der Waals surface area contributed by atoms with Crippen LogP contribution in [0.2, 0.25) is 0 Å². The lowest BCUT2D eigenvalue weighted by atomic mass is 10.1. The van der Waals surface area contributed by atoms with Gasteiger partial charge in [0.25, 0.3) is 11.6 Å². The number of para-hydroxylation sites is 1. The molecule has 1 rings (SSSR count). The van der Waals surface area contributed by atoms with Crippen LogP contribution in [0.25, 0.3) is 0 Å². The minimum absolute atomic E-state index is 0.0992. The average molecular weight is 281 g/mol. The number of nitrogens with one attached hydrogen (secondary N) is 1. The molecule has 0 bridgehead atoms. The average Bonchev–Trinajstić information content (AvgIpc) is 2.44.